The Morgan fingerprint density at radius 2 is 2.09 bits per heavy atom. The molecule has 0 saturated heterocycles. The molecule has 6 nitrogen and oxygen atoms in total. The van der Waals surface area contributed by atoms with Gasteiger partial charge in [-0.15, -0.1) is 0 Å². The molecule has 0 unspecified atom stereocenters. The van der Waals surface area contributed by atoms with E-state index in [1.807, 2.05) is 50.1 Å². The Bertz CT molecular complexity index is 652. The normalized spacial score (nSPS) is 11.0. The first kappa shape index (κ1) is 17.0. The second kappa shape index (κ2) is 7.78. The molecule has 6 heteroatoms. The third-order valence-electron chi connectivity index (χ3n) is 3.47. The van der Waals surface area contributed by atoms with Crippen molar-refractivity contribution < 1.29 is 9.53 Å². The number of methoxy groups -OCH3 is 1. The molecule has 2 rings (SSSR count). The zero-order chi connectivity index (χ0) is 16.8. The van der Waals surface area contributed by atoms with Crippen molar-refractivity contribution in [3.8, 4) is 5.75 Å². The molecule has 1 aromatic carbocycles. The first-order valence-corrected chi connectivity index (χ1v) is 7.65. The number of ether oxygens (including phenoxy) is 1. The van der Waals surface area contributed by atoms with Crippen LogP contribution in [-0.2, 0) is 11.3 Å². The van der Waals surface area contributed by atoms with Crippen LogP contribution in [0, 0.1) is 0 Å². The van der Waals surface area contributed by atoms with E-state index in [0.29, 0.717) is 13.1 Å². The second-order valence-electron chi connectivity index (χ2n) is 5.79. The average molecular weight is 316 g/mol. The third-order valence-corrected chi connectivity index (χ3v) is 3.47. The minimum atomic E-state index is -0.0650. The quantitative estimate of drug-likeness (QED) is 0.853. The highest BCUT2D eigenvalue weighted by Crippen LogP contribution is 2.18. The lowest BCUT2D eigenvalue weighted by atomic mass is 10.2. The molecule has 2 aromatic rings. The summed E-state index contributed by atoms with van der Waals surface area (Å²) in [5.74, 6) is 1.48. The van der Waals surface area contributed by atoms with E-state index < -0.39 is 0 Å². The van der Waals surface area contributed by atoms with Crippen molar-refractivity contribution >= 4 is 11.7 Å². The summed E-state index contributed by atoms with van der Waals surface area (Å²) < 4.78 is 7.13. The molecular formula is C17H24N4O2. The van der Waals surface area contributed by atoms with Crippen LogP contribution >= 0.6 is 0 Å². The molecule has 0 aliphatic carbocycles. The van der Waals surface area contributed by atoms with E-state index in [4.69, 9.17) is 4.74 Å². The smallest absolute Gasteiger partial charge is 0.239 e. The monoisotopic (exact) mass is 316 g/mol. The van der Waals surface area contributed by atoms with Crippen LogP contribution in [0.15, 0.2) is 36.5 Å². The largest absolute Gasteiger partial charge is 0.496 e. The first-order valence-electron chi connectivity index (χ1n) is 7.65. The number of para-hydroxylation sites is 1. The van der Waals surface area contributed by atoms with Crippen molar-refractivity contribution in [2.45, 2.75) is 26.4 Å². The van der Waals surface area contributed by atoms with E-state index in [-0.39, 0.29) is 11.9 Å². The number of likely N-dealkylation sites (N-methyl/N-ethyl adjacent to an activating group) is 1. The van der Waals surface area contributed by atoms with Crippen LogP contribution < -0.4 is 10.1 Å². The predicted octanol–water partition coefficient (Wildman–Crippen LogP) is 2.54. The van der Waals surface area contributed by atoms with E-state index in [0.717, 1.165) is 17.1 Å². The number of benzene rings is 1. The Hall–Kier alpha value is -2.34. The molecule has 0 spiro atoms. The summed E-state index contributed by atoms with van der Waals surface area (Å²) in [5.41, 5.74) is 1.05. The molecule has 1 heterocycles. The van der Waals surface area contributed by atoms with Gasteiger partial charge < -0.3 is 10.1 Å². The maximum atomic E-state index is 12.2. The van der Waals surface area contributed by atoms with Crippen molar-refractivity contribution in [2.24, 2.45) is 0 Å². The second-order valence-corrected chi connectivity index (χ2v) is 5.79. The number of amides is 1. The van der Waals surface area contributed by atoms with Gasteiger partial charge in [0.15, 0.2) is 0 Å². The van der Waals surface area contributed by atoms with Crippen LogP contribution in [0.2, 0.25) is 0 Å². The van der Waals surface area contributed by atoms with Crippen molar-refractivity contribution in [1.82, 2.24) is 14.7 Å². The van der Waals surface area contributed by atoms with Gasteiger partial charge in [0.1, 0.15) is 11.6 Å². The fraction of sp³-hybridized carbons (Fsp3) is 0.412. The number of hydrogen-bond acceptors (Lipinski definition) is 4. The molecule has 1 N–H and O–H groups in total. The summed E-state index contributed by atoms with van der Waals surface area (Å²) in [4.78, 5) is 14.2. The third kappa shape index (κ3) is 4.56. The van der Waals surface area contributed by atoms with Gasteiger partial charge in [0.2, 0.25) is 5.91 Å². The highest BCUT2D eigenvalue weighted by Gasteiger charge is 2.12. The summed E-state index contributed by atoms with van der Waals surface area (Å²) >= 11 is 0. The van der Waals surface area contributed by atoms with Gasteiger partial charge in [-0.05, 0) is 27.0 Å². The molecule has 0 fully saturated rings. The molecule has 1 amide bonds. The summed E-state index contributed by atoms with van der Waals surface area (Å²) in [6.07, 6.45) is 1.69. The molecule has 0 aliphatic rings. The van der Waals surface area contributed by atoms with E-state index in [1.165, 1.54) is 0 Å². The van der Waals surface area contributed by atoms with Crippen molar-refractivity contribution in [1.29, 1.82) is 0 Å². The van der Waals surface area contributed by atoms with Gasteiger partial charge in [-0.1, -0.05) is 18.2 Å². The molecule has 0 radical (unpaired) electrons. The molecule has 124 valence electrons. The summed E-state index contributed by atoms with van der Waals surface area (Å²) in [5, 5.41) is 7.12. The maximum absolute atomic E-state index is 12.2. The van der Waals surface area contributed by atoms with Crippen molar-refractivity contribution in [3.05, 3.63) is 42.1 Å². The van der Waals surface area contributed by atoms with Gasteiger partial charge in [-0.2, -0.15) is 5.10 Å². The zero-order valence-corrected chi connectivity index (χ0v) is 14.1. The Morgan fingerprint density at radius 1 is 1.35 bits per heavy atom. The molecule has 0 aliphatic heterocycles. The SMILES string of the molecule is COc1ccccc1CN(C)CC(=O)Nc1ccnn1C(C)C. The van der Waals surface area contributed by atoms with Gasteiger partial charge in [-0.25, -0.2) is 4.68 Å². The molecule has 0 atom stereocenters. The predicted molar refractivity (Wildman–Crippen MR) is 90.6 cm³/mol. The molecule has 0 bridgehead atoms. The Morgan fingerprint density at radius 3 is 2.78 bits per heavy atom. The van der Waals surface area contributed by atoms with Gasteiger partial charge in [0, 0.05) is 24.2 Å². The number of nitrogens with zero attached hydrogens (tertiary/aromatic N) is 3. The van der Waals surface area contributed by atoms with E-state index >= 15 is 0 Å². The van der Waals surface area contributed by atoms with E-state index in [1.54, 1.807) is 24.1 Å². The van der Waals surface area contributed by atoms with Gasteiger partial charge in [0.25, 0.3) is 0 Å². The molecule has 1 aromatic heterocycles. The molecular weight excluding hydrogens is 292 g/mol. The number of carbonyl (C=O) groups excluding carboxylic acids is 1. The van der Waals surface area contributed by atoms with Crippen LogP contribution in [-0.4, -0.2) is 41.3 Å². The van der Waals surface area contributed by atoms with E-state index in [9.17, 15) is 4.79 Å². The number of carbonyl (C=O) groups is 1. The Balaban J connectivity index is 1.93. The van der Waals surface area contributed by atoms with Crippen molar-refractivity contribution in [3.63, 3.8) is 0 Å². The minimum Gasteiger partial charge on any atom is -0.496 e. The van der Waals surface area contributed by atoms with Crippen LogP contribution in [0.25, 0.3) is 0 Å². The lowest BCUT2D eigenvalue weighted by Gasteiger charge is -2.18. The van der Waals surface area contributed by atoms with E-state index in [2.05, 4.69) is 10.4 Å². The highest BCUT2D eigenvalue weighted by molar-refractivity contribution is 5.91. The number of nitrogens with one attached hydrogen (secondary N) is 1. The molecule has 0 saturated carbocycles. The first-order chi connectivity index (χ1) is 11.0. The van der Waals surface area contributed by atoms with Crippen LogP contribution in [0.4, 0.5) is 5.82 Å². The van der Waals surface area contributed by atoms with Gasteiger partial charge >= 0.3 is 0 Å². The number of aromatic nitrogens is 2. The van der Waals surface area contributed by atoms with Crippen LogP contribution in [0.1, 0.15) is 25.5 Å². The van der Waals surface area contributed by atoms with Gasteiger partial charge in [-0.3, -0.25) is 9.69 Å². The fourth-order valence-corrected chi connectivity index (χ4v) is 2.43. The van der Waals surface area contributed by atoms with Crippen molar-refractivity contribution in [2.75, 3.05) is 26.0 Å². The highest BCUT2D eigenvalue weighted by atomic mass is 16.5. The summed E-state index contributed by atoms with van der Waals surface area (Å²) in [7, 11) is 3.56. The van der Waals surface area contributed by atoms with Crippen LogP contribution in [0.3, 0.4) is 0 Å². The van der Waals surface area contributed by atoms with Gasteiger partial charge in [0.05, 0.1) is 19.9 Å². The summed E-state index contributed by atoms with van der Waals surface area (Å²) in [6.45, 7) is 4.98. The fourth-order valence-electron chi connectivity index (χ4n) is 2.43. The lowest BCUT2D eigenvalue weighted by Crippen LogP contribution is -2.30. The Kier molecular flexibility index (Phi) is 5.76. The number of anilines is 1. The zero-order valence-electron chi connectivity index (χ0n) is 14.1. The standard InChI is InChI=1S/C17H24N4O2/c1-13(2)21-16(9-10-18-21)19-17(22)12-20(3)11-14-7-5-6-8-15(14)23-4/h5-10,13H,11-12H2,1-4H3,(H,19,22). The summed E-state index contributed by atoms with van der Waals surface area (Å²) in [6, 6.07) is 9.82. The lowest BCUT2D eigenvalue weighted by molar-refractivity contribution is -0.117. The average Bonchev–Trinajstić information content (AvgIpc) is 2.95. The topological polar surface area (TPSA) is 59.4 Å². The maximum Gasteiger partial charge on any atom is 0.239 e. The molecule has 23 heavy (non-hydrogen) atoms. The van der Waals surface area contributed by atoms with Crippen LogP contribution in [0.5, 0.6) is 5.75 Å². The minimum absolute atomic E-state index is 0.0650. The Labute approximate surface area is 137 Å². The number of rotatable bonds is 7. The number of hydrogen-bond donors (Lipinski definition) is 1.